The third-order valence-electron chi connectivity index (χ3n) is 3.29. The highest BCUT2D eigenvalue weighted by Gasteiger charge is 2.15. The number of benzene rings is 1. The van der Waals surface area contributed by atoms with Gasteiger partial charge < -0.3 is 0 Å². The lowest BCUT2D eigenvalue weighted by Crippen LogP contribution is -1.87. The third kappa shape index (κ3) is 2.57. The largest absolute Gasteiger partial charge is 0.0762 e. The second-order valence-corrected chi connectivity index (χ2v) is 5.37. The van der Waals surface area contributed by atoms with Crippen molar-refractivity contribution in [3.05, 3.63) is 39.9 Å². The van der Waals surface area contributed by atoms with E-state index >= 15 is 0 Å². The summed E-state index contributed by atoms with van der Waals surface area (Å²) in [5.74, 6) is 0. The van der Waals surface area contributed by atoms with E-state index in [-0.39, 0.29) is 0 Å². The minimum Gasteiger partial charge on any atom is -0.0762 e. The predicted molar refractivity (Wildman–Crippen MR) is 74.6 cm³/mol. The van der Waals surface area contributed by atoms with E-state index in [4.69, 9.17) is 0 Å². The first-order valence-electron chi connectivity index (χ1n) is 6.29. The predicted octanol–water partition coefficient (Wildman–Crippen LogP) is 5.36. The molecule has 0 fully saturated rings. The summed E-state index contributed by atoms with van der Waals surface area (Å²) in [5, 5.41) is 0. The molecule has 0 bridgehead atoms. The number of hydrogen-bond acceptors (Lipinski definition) is 0. The molecule has 0 heterocycles. The standard InChI is InChI=1S/C15H19Br/c1-2-3-4-5-7-12-10-11-13-8-6-9-14(16)15(12)13/h6,8-10H,2-5,7,11H2,1H3. The van der Waals surface area contributed by atoms with Crippen LogP contribution in [0.1, 0.15) is 50.2 Å². The average molecular weight is 279 g/mol. The van der Waals surface area contributed by atoms with Crippen LogP contribution in [-0.4, -0.2) is 0 Å². The van der Waals surface area contributed by atoms with Gasteiger partial charge in [-0.1, -0.05) is 60.3 Å². The van der Waals surface area contributed by atoms with Gasteiger partial charge in [0.15, 0.2) is 0 Å². The van der Waals surface area contributed by atoms with Crippen molar-refractivity contribution in [2.45, 2.75) is 45.4 Å². The summed E-state index contributed by atoms with van der Waals surface area (Å²) < 4.78 is 1.27. The minimum atomic E-state index is 1.12. The Morgan fingerprint density at radius 1 is 1.19 bits per heavy atom. The normalized spacial score (nSPS) is 13.8. The van der Waals surface area contributed by atoms with E-state index in [0.717, 1.165) is 6.42 Å². The smallest absolute Gasteiger partial charge is 0.0253 e. The Bertz CT molecular complexity index is 390. The summed E-state index contributed by atoms with van der Waals surface area (Å²) in [6.45, 7) is 2.26. The van der Waals surface area contributed by atoms with Crippen molar-refractivity contribution in [1.29, 1.82) is 0 Å². The zero-order valence-electron chi connectivity index (χ0n) is 9.93. The number of halogens is 1. The van der Waals surface area contributed by atoms with E-state index in [0.29, 0.717) is 0 Å². The number of unbranched alkanes of at least 4 members (excludes halogenated alkanes) is 3. The van der Waals surface area contributed by atoms with Crippen molar-refractivity contribution in [3.8, 4) is 0 Å². The summed E-state index contributed by atoms with van der Waals surface area (Å²) in [4.78, 5) is 0. The molecule has 1 aliphatic rings. The van der Waals surface area contributed by atoms with Crippen LogP contribution in [0.15, 0.2) is 28.7 Å². The maximum absolute atomic E-state index is 3.67. The van der Waals surface area contributed by atoms with Gasteiger partial charge in [-0.25, -0.2) is 0 Å². The highest BCUT2D eigenvalue weighted by Crippen LogP contribution is 2.36. The number of fused-ring (bicyclic) bond motifs is 1. The van der Waals surface area contributed by atoms with Gasteiger partial charge in [0.05, 0.1) is 0 Å². The molecular weight excluding hydrogens is 260 g/mol. The molecule has 0 radical (unpaired) electrons. The Morgan fingerprint density at radius 3 is 2.88 bits per heavy atom. The molecule has 0 aromatic heterocycles. The molecule has 0 unspecified atom stereocenters. The van der Waals surface area contributed by atoms with Crippen molar-refractivity contribution in [2.75, 3.05) is 0 Å². The Labute approximate surface area is 107 Å². The van der Waals surface area contributed by atoms with Gasteiger partial charge in [0.2, 0.25) is 0 Å². The van der Waals surface area contributed by atoms with Crippen LogP contribution in [0.3, 0.4) is 0 Å². The van der Waals surface area contributed by atoms with Crippen LogP contribution < -0.4 is 0 Å². The number of rotatable bonds is 5. The van der Waals surface area contributed by atoms with E-state index in [1.807, 2.05) is 0 Å². The monoisotopic (exact) mass is 278 g/mol. The zero-order chi connectivity index (χ0) is 11.4. The average Bonchev–Trinajstić information content (AvgIpc) is 2.69. The van der Waals surface area contributed by atoms with Crippen LogP contribution in [0.2, 0.25) is 0 Å². The molecule has 0 aliphatic heterocycles. The van der Waals surface area contributed by atoms with Gasteiger partial charge in [-0.15, -0.1) is 0 Å². The molecule has 1 aliphatic carbocycles. The van der Waals surface area contributed by atoms with Gasteiger partial charge in [0.1, 0.15) is 0 Å². The SMILES string of the molecule is CCCCCCC1=CCc2cccc(Br)c21. The molecule has 0 saturated heterocycles. The topological polar surface area (TPSA) is 0 Å². The minimum absolute atomic E-state index is 1.12. The van der Waals surface area contributed by atoms with Crippen molar-refractivity contribution in [1.82, 2.24) is 0 Å². The van der Waals surface area contributed by atoms with Crippen LogP contribution in [-0.2, 0) is 6.42 Å². The molecule has 1 aromatic rings. The van der Waals surface area contributed by atoms with Crippen molar-refractivity contribution >= 4 is 21.5 Å². The molecule has 0 atom stereocenters. The van der Waals surface area contributed by atoms with E-state index in [9.17, 15) is 0 Å². The Morgan fingerprint density at radius 2 is 2.06 bits per heavy atom. The quantitative estimate of drug-likeness (QED) is 0.636. The lowest BCUT2D eigenvalue weighted by atomic mass is 10.0. The first-order valence-corrected chi connectivity index (χ1v) is 7.09. The lowest BCUT2D eigenvalue weighted by molar-refractivity contribution is 0.679. The molecule has 2 rings (SSSR count). The van der Waals surface area contributed by atoms with Crippen molar-refractivity contribution < 1.29 is 0 Å². The van der Waals surface area contributed by atoms with E-state index < -0.39 is 0 Å². The van der Waals surface area contributed by atoms with E-state index in [1.54, 1.807) is 5.57 Å². The Kier molecular flexibility index (Phi) is 4.22. The molecule has 1 aromatic carbocycles. The van der Waals surface area contributed by atoms with Gasteiger partial charge in [0.25, 0.3) is 0 Å². The van der Waals surface area contributed by atoms with Crippen LogP contribution >= 0.6 is 15.9 Å². The summed E-state index contributed by atoms with van der Waals surface area (Å²) in [6, 6.07) is 6.54. The summed E-state index contributed by atoms with van der Waals surface area (Å²) >= 11 is 3.67. The molecule has 0 nitrogen and oxygen atoms in total. The molecule has 0 spiro atoms. The number of allylic oxidation sites excluding steroid dienone is 2. The summed E-state index contributed by atoms with van der Waals surface area (Å²) in [7, 11) is 0. The maximum atomic E-state index is 3.67. The highest BCUT2D eigenvalue weighted by atomic mass is 79.9. The van der Waals surface area contributed by atoms with Crippen LogP contribution in [0, 0.1) is 0 Å². The molecule has 0 N–H and O–H groups in total. The Balaban J connectivity index is 2.00. The molecule has 0 saturated carbocycles. The third-order valence-corrected chi connectivity index (χ3v) is 3.95. The van der Waals surface area contributed by atoms with Gasteiger partial charge >= 0.3 is 0 Å². The van der Waals surface area contributed by atoms with Crippen LogP contribution in [0.4, 0.5) is 0 Å². The first kappa shape index (κ1) is 11.9. The van der Waals surface area contributed by atoms with Gasteiger partial charge in [0, 0.05) is 4.47 Å². The molecule has 86 valence electrons. The van der Waals surface area contributed by atoms with Crippen molar-refractivity contribution in [2.24, 2.45) is 0 Å². The van der Waals surface area contributed by atoms with Crippen molar-refractivity contribution in [3.63, 3.8) is 0 Å². The second kappa shape index (κ2) is 5.67. The van der Waals surface area contributed by atoms with Crippen LogP contribution in [0.5, 0.6) is 0 Å². The molecule has 1 heteroatoms. The van der Waals surface area contributed by atoms with Gasteiger partial charge in [-0.05, 0) is 42.0 Å². The van der Waals surface area contributed by atoms with Gasteiger partial charge in [-0.3, -0.25) is 0 Å². The zero-order valence-corrected chi connectivity index (χ0v) is 11.5. The first-order chi connectivity index (χ1) is 7.83. The summed E-state index contributed by atoms with van der Waals surface area (Å²) in [6.07, 6.45) is 10.2. The molecule has 16 heavy (non-hydrogen) atoms. The molecular formula is C15H19Br. The van der Waals surface area contributed by atoms with E-state index in [1.165, 1.54) is 47.7 Å². The molecule has 0 amide bonds. The highest BCUT2D eigenvalue weighted by molar-refractivity contribution is 9.10. The maximum Gasteiger partial charge on any atom is 0.0253 e. The summed E-state index contributed by atoms with van der Waals surface area (Å²) in [5.41, 5.74) is 4.51. The fourth-order valence-corrected chi connectivity index (χ4v) is 3.06. The van der Waals surface area contributed by atoms with Crippen LogP contribution in [0.25, 0.3) is 5.57 Å². The fraction of sp³-hybridized carbons (Fsp3) is 0.467. The van der Waals surface area contributed by atoms with E-state index in [2.05, 4.69) is 47.1 Å². The number of hydrogen-bond donors (Lipinski definition) is 0. The Hall–Kier alpha value is -0.560. The lowest BCUT2D eigenvalue weighted by Gasteiger charge is -2.08. The second-order valence-electron chi connectivity index (χ2n) is 4.52. The fourth-order valence-electron chi connectivity index (χ4n) is 2.40. The van der Waals surface area contributed by atoms with Gasteiger partial charge in [-0.2, -0.15) is 0 Å².